The largest absolute Gasteiger partial charge is 0.454 e. The van der Waals surface area contributed by atoms with Crippen LogP contribution >= 0.6 is 0 Å². The average molecular weight is 492 g/mol. The molecule has 0 bridgehead atoms. The van der Waals surface area contributed by atoms with Gasteiger partial charge in [-0.3, -0.25) is 9.78 Å². The third-order valence-electron chi connectivity index (χ3n) is 8.13. The van der Waals surface area contributed by atoms with Crippen LogP contribution < -0.4 is 0 Å². The van der Waals surface area contributed by atoms with E-state index in [4.69, 9.17) is 9.72 Å². The van der Waals surface area contributed by atoms with Crippen LogP contribution in [0.25, 0.3) is 22.0 Å². The Labute approximate surface area is 218 Å². The molecule has 0 aliphatic heterocycles. The second-order valence-corrected chi connectivity index (χ2v) is 10.7. The zero-order valence-corrected chi connectivity index (χ0v) is 21.8. The van der Waals surface area contributed by atoms with Crippen LogP contribution in [0.1, 0.15) is 65.6 Å². The van der Waals surface area contributed by atoms with E-state index in [1.165, 1.54) is 0 Å². The first-order valence-electron chi connectivity index (χ1n) is 13.1. The van der Waals surface area contributed by atoms with E-state index in [0.717, 1.165) is 59.0 Å². The van der Waals surface area contributed by atoms with Crippen LogP contribution in [0, 0.1) is 11.3 Å². The number of para-hydroxylation sites is 1. The number of esters is 1. The Hall–Kier alpha value is -3.79. The van der Waals surface area contributed by atoms with Crippen molar-refractivity contribution in [2.45, 2.75) is 46.5 Å². The summed E-state index contributed by atoms with van der Waals surface area (Å²) in [5.41, 5.74) is 6.16. The van der Waals surface area contributed by atoms with Gasteiger partial charge in [0.2, 0.25) is 0 Å². The molecule has 5 rings (SSSR count). The number of pyridine rings is 1. The van der Waals surface area contributed by atoms with Gasteiger partial charge in [0, 0.05) is 16.6 Å². The number of ether oxygens (including phenoxy) is 1. The molecule has 1 heterocycles. The molecule has 37 heavy (non-hydrogen) atoms. The van der Waals surface area contributed by atoms with E-state index in [1.54, 1.807) is 12.1 Å². The van der Waals surface area contributed by atoms with Crippen molar-refractivity contribution in [3.8, 4) is 11.1 Å². The standard InChI is InChI=1S/C33H33NO3/c1-4-33(2,3)25-18-19-29-27(20-25)31(26-12-8-9-13-28(26)34-29)32(36)37-21-30(35)24-16-14-23(15-17-24)22-10-6-5-7-11-22/h5-17,25H,4,18-21H2,1-3H3. The maximum Gasteiger partial charge on any atom is 0.339 e. The molecule has 4 nitrogen and oxygen atoms in total. The molecule has 0 saturated heterocycles. The summed E-state index contributed by atoms with van der Waals surface area (Å²) < 4.78 is 5.66. The van der Waals surface area contributed by atoms with Gasteiger partial charge in [0.1, 0.15) is 0 Å². The molecule has 0 saturated carbocycles. The second-order valence-electron chi connectivity index (χ2n) is 10.7. The molecule has 0 spiro atoms. The summed E-state index contributed by atoms with van der Waals surface area (Å²) in [7, 11) is 0. The van der Waals surface area contributed by atoms with Gasteiger partial charge >= 0.3 is 5.97 Å². The molecule has 1 aromatic heterocycles. The van der Waals surface area contributed by atoms with Crippen LogP contribution in [0.15, 0.2) is 78.9 Å². The summed E-state index contributed by atoms with van der Waals surface area (Å²) in [4.78, 5) is 31.3. The minimum atomic E-state index is -0.445. The Morgan fingerprint density at radius 3 is 2.32 bits per heavy atom. The normalized spacial score (nSPS) is 15.3. The minimum absolute atomic E-state index is 0.173. The van der Waals surface area contributed by atoms with Gasteiger partial charge in [-0.05, 0) is 53.4 Å². The van der Waals surface area contributed by atoms with Gasteiger partial charge in [0.15, 0.2) is 12.4 Å². The monoisotopic (exact) mass is 491 g/mol. The lowest BCUT2D eigenvalue weighted by molar-refractivity contribution is 0.0474. The quantitative estimate of drug-likeness (QED) is 0.199. The topological polar surface area (TPSA) is 56.3 Å². The van der Waals surface area contributed by atoms with E-state index in [9.17, 15) is 9.59 Å². The minimum Gasteiger partial charge on any atom is -0.454 e. The number of benzene rings is 3. The highest BCUT2D eigenvalue weighted by Crippen LogP contribution is 2.41. The summed E-state index contributed by atoms with van der Waals surface area (Å²) in [6, 6.07) is 25.2. The first kappa shape index (κ1) is 24.9. The highest BCUT2D eigenvalue weighted by molar-refractivity contribution is 6.06. The van der Waals surface area contributed by atoms with E-state index in [0.29, 0.717) is 17.0 Å². The van der Waals surface area contributed by atoms with Crippen molar-refractivity contribution < 1.29 is 14.3 Å². The number of nitrogens with zero attached hydrogens (tertiary/aromatic N) is 1. The lowest BCUT2D eigenvalue weighted by Gasteiger charge is -2.37. The summed E-state index contributed by atoms with van der Waals surface area (Å²) in [5.74, 6) is -0.200. The Balaban J connectivity index is 1.38. The maximum atomic E-state index is 13.5. The van der Waals surface area contributed by atoms with Crippen LogP contribution in [0.4, 0.5) is 0 Å². The van der Waals surface area contributed by atoms with Crippen LogP contribution in [-0.2, 0) is 17.6 Å². The van der Waals surface area contributed by atoms with Crippen molar-refractivity contribution in [2.75, 3.05) is 6.61 Å². The summed E-state index contributed by atoms with van der Waals surface area (Å²) in [6.45, 7) is 6.54. The van der Waals surface area contributed by atoms with E-state index < -0.39 is 5.97 Å². The number of ketones is 1. The molecular formula is C33H33NO3. The third kappa shape index (κ3) is 5.06. The number of hydrogen-bond acceptors (Lipinski definition) is 4. The van der Waals surface area contributed by atoms with E-state index in [2.05, 4.69) is 20.8 Å². The third-order valence-corrected chi connectivity index (χ3v) is 8.13. The number of Topliss-reactive ketones (excluding diaryl/α,β-unsaturated/α-hetero) is 1. The van der Waals surface area contributed by atoms with Crippen LogP contribution in [-0.4, -0.2) is 23.3 Å². The number of aromatic nitrogens is 1. The lowest BCUT2D eigenvalue weighted by Crippen LogP contribution is -2.31. The van der Waals surface area contributed by atoms with Crippen LogP contribution in [0.2, 0.25) is 0 Å². The number of carbonyl (C=O) groups excluding carboxylic acids is 2. The molecule has 1 atom stereocenters. The Bertz CT molecular complexity index is 1440. The van der Waals surface area contributed by atoms with Gasteiger partial charge in [-0.25, -0.2) is 4.79 Å². The first-order chi connectivity index (χ1) is 17.9. The van der Waals surface area contributed by atoms with Crippen molar-refractivity contribution in [3.63, 3.8) is 0 Å². The van der Waals surface area contributed by atoms with Crippen LogP contribution in [0.5, 0.6) is 0 Å². The number of hydrogen-bond donors (Lipinski definition) is 0. The van der Waals surface area contributed by atoms with Gasteiger partial charge in [-0.2, -0.15) is 0 Å². The molecule has 3 aromatic carbocycles. The first-order valence-corrected chi connectivity index (χ1v) is 13.1. The molecule has 188 valence electrons. The lowest BCUT2D eigenvalue weighted by atomic mass is 9.68. The fourth-order valence-corrected chi connectivity index (χ4v) is 5.34. The van der Waals surface area contributed by atoms with E-state index in [1.807, 2.05) is 66.7 Å². The number of rotatable bonds is 7. The fraction of sp³-hybridized carbons (Fsp3) is 0.303. The molecule has 0 radical (unpaired) electrons. The Morgan fingerprint density at radius 1 is 0.919 bits per heavy atom. The number of aryl methyl sites for hydroxylation is 1. The smallest absolute Gasteiger partial charge is 0.339 e. The van der Waals surface area contributed by atoms with E-state index in [-0.39, 0.29) is 17.8 Å². The second kappa shape index (κ2) is 10.3. The van der Waals surface area contributed by atoms with E-state index >= 15 is 0 Å². The van der Waals surface area contributed by atoms with Gasteiger partial charge in [0.25, 0.3) is 0 Å². The molecular weight excluding hydrogens is 458 g/mol. The summed E-state index contributed by atoms with van der Waals surface area (Å²) >= 11 is 0. The van der Waals surface area contributed by atoms with Crippen molar-refractivity contribution in [1.29, 1.82) is 0 Å². The van der Waals surface area contributed by atoms with Crippen molar-refractivity contribution in [2.24, 2.45) is 11.3 Å². The zero-order valence-electron chi connectivity index (χ0n) is 21.8. The predicted molar refractivity (Wildman–Crippen MR) is 148 cm³/mol. The average Bonchev–Trinajstić information content (AvgIpc) is 2.94. The molecule has 1 aliphatic carbocycles. The molecule has 0 N–H and O–H groups in total. The number of carbonyl (C=O) groups is 2. The molecule has 1 unspecified atom stereocenters. The van der Waals surface area contributed by atoms with Gasteiger partial charge in [-0.1, -0.05) is 100.0 Å². The number of fused-ring (bicyclic) bond motifs is 2. The SMILES string of the molecule is CCC(C)(C)C1CCc2nc3ccccc3c(C(=O)OCC(=O)c3ccc(-c4ccccc4)cc3)c2C1. The predicted octanol–water partition coefficient (Wildman–Crippen LogP) is 7.48. The van der Waals surface area contributed by atoms with Crippen molar-refractivity contribution >= 4 is 22.7 Å². The van der Waals surface area contributed by atoms with Gasteiger partial charge in [0.05, 0.1) is 11.1 Å². The van der Waals surface area contributed by atoms with Crippen LogP contribution in [0.3, 0.4) is 0 Å². The molecule has 0 amide bonds. The fourth-order valence-electron chi connectivity index (χ4n) is 5.34. The van der Waals surface area contributed by atoms with Crippen molar-refractivity contribution in [1.82, 2.24) is 4.98 Å². The highest BCUT2D eigenvalue weighted by atomic mass is 16.5. The van der Waals surface area contributed by atoms with Crippen molar-refractivity contribution in [3.05, 3.63) is 101 Å². The highest BCUT2D eigenvalue weighted by Gasteiger charge is 2.34. The molecule has 0 fully saturated rings. The summed E-state index contributed by atoms with van der Waals surface area (Å²) in [6.07, 6.45) is 3.78. The molecule has 4 heteroatoms. The maximum absolute atomic E-state index is 13.5. The van der Waals surface area contributed by atoms with Gasteiger partial charge in [-0.15, -0.1) is 0 Å². The Kier molecular flexibility index (Phi) is 6.92. The summed E-state index contributed by atoms with van der Waals surface area (Å²) in [5, 5.41) is 0.792. The molecule has 1 aliphatic rings. The van der Waals surface area contributed by atoms with Gasteiger partial charge < -0.3 is 4.74 Å². The molecule has 4 aromatic rings. The Morgan fingerprint density at radius 2 is 1.59 bits per heavy atom. The zero-order chi connectivity index (χ0) is 26.0.